The largest absolute Gasteiger partial charge is 0.350 e. The molecule has 0 aromatic heterocycles. The van der Waals surface area contributed by atoms with Crippen molar-refractivity contribution in [3.05, 3.63) is 65.5 Å². The summed E-state index contributed by atoms with van der Waals surface area (Å²) in [6.07, 6.45) is 3.84. The summed E-state index contributed by atoms with van der Waals surface area (Å²) >= 11 is 0. The summed E-state index contributed by atoms with van der Waals surface area (Å²) in [5, 5.41) is 2.85. The maximum atomic E-state index is 13.3. The SMILES string of the molecule is CC[C@H](C(=O)NCc1ccc(CN2CCCC2)cc1)N(c1ccc(F)cc1)S(C)(=O)=O. The van der Waals surface area contributed by atoms with Crippen molar-refractivity contribution in [2.45, 2.75) is 45.3 Å². The van der Waals surface area contributed by atoms with E-state index in [1.54, 1.807) is 6.92 Å². The Morgan fingerprint density at radius 3 is 2.19 bits per heavy atom. The van der Waals surface area contributed by atoms with E-state index in [0.29, 0.717) is 6.54 Å². The molecule has 31 heavy (non-hydrogen) atoms. The zero-order valence-corrected chi connectivity index (χ0v) is 18.9. The molecule has 0 aliphatic carbocycles. The Morgan fingerprint density at radius 1 is 1.06 bits per heavy atom. The number of carbonyl (C=O) groups excluding carboxylic acids is 1. The molecule has 0 radical (unpaired) electrons. The molecule has 1 aliphatic heterocycles. The van der Waals surface area contributed by atoms with Gasteiger partial charge in [-0.2, -0.15) is 0 Å². The monoisotopic (exact) mass is 447 g/mol. The highest BCUT2D eigenvalue weighted by Gasteiger charge is 2.31. The average Bonchev–Trinajstić information content (AvgIpc) is 3.24. The molecule has 0 bridgehead atoms. The van der Waals surface area contributed by atoms with Crippen LogP contribution in [-0.4, -0.2) is 44.6 Å². The molecule has 1 atom stereocenters. The molecule has 0 spiro atoms. The fraction of sp³-hybridized carbons (Fsp3) is 0.435. The zero-order chi connectivity index (χ0) is 22.4. The van der Waals surface area contributed by atoms with Crippen LogP contribution in [0.4, 0.5) is 10.1 Å². The fourth-order valence-corrected chi connectivity index (χ4v) is 5.13. The van der Waals surface area contributed by atoms with Crippen molar-refractivity contribution in [1.82, 2.24) is 10.2 Å². The summed E-state index contributed by atoms with van der Waals surface area (Å²) in [6, 6.07) is 12.3. The number of amides is 1. The van der Waals surface area contributed by atoms with Crippen LogP contribution in [0.25, 0.3) is 0 Å². The van der Waals surface area contributed by atoms with Crippen molar-refractivity contribution in [2.24, 2.45) is 0 Å². The van der Waals surface area contributed by atoms with Gasteiger partial charge in [-0.15, -0.1) is 0 Å². The van der Waals surface area contributed by atoms with Gasteiger partial charge in [0.1, 0.15) is 11.9 Å². The number of anilines is 1. The van der Waals surface area contributed by atoms with Crippen molar-refractivity contribution < 1.29 is 17.6 Å². The number of rotatable bonds is 9. The Morgan fingerprint density at radius 2 is 1.65 bits per heavy atom. The number of likely N-dealkylation sites (tertiary alicyclic amines) is 1. The van der Waals surface area contributed by atoms with Crippen LogP contribution in [0.5, 0.6) is 0 Å². The minimum absolute atomic E-state index is 0.261. The molecule has 6 nitrogen and oxygen atoms in total. The highest BCUT2D eigenvalue weighted by Crippen LogP contribution is 2.23. The lowest BCUT2D eigenvalue weighted by molar-refractivity contribution is -0.122. The van der Waals surface area contributed by atoms with E-state index in [0.717, 1.165) is 35.8 Å². The predicted molar refractivity (Wildman–Crippen MR) is 121 cm³/mol. The second kappa shape index (κ2) is 10.2. The second-order valence-corrected chi connectivity index (χ2v) is 9.84. The van der Waals surface area contributed by atoms with Gasteiger partial charge in [0.2, 0.25) is 15.9 Å². The van der Waals surface area contributed by atoms with Crippen LogP contribution >= 0.6 is 0 Å². The van der Waals surface area contributed by atoms with Crippen molar-refractivity contribution in [2.75, 3.05) is 23.7 Å². The van der Waals surface area contributed by atoms with E-state index in [2.05, 4.69) is 22.3 Å². The van der Waals surface area contributed by atoms with Crippen molar-refractivity contribution in [3.63, 3.8) is 0 Å². The number of nitrogens with one attached hydrogen (secondary N) is 1. The van der Waals surface area contributed by atoms with Gasteiger partial charge in [-0.3, -0.25) is 14.0 Å². The van der Waals surface area contributed by atoms with Gasteiger partial charge < -0.3 is 5.32 Å². The molecule has 0 saturated carbocycles. The minimum atomic E-state index is -3.74. The molecule has 1 amide bonds. The molecule has 168 valence electrons. The van der Waals surface area contributed by atoms with Crippen molar-refractivity contribution >= 4 is 21.6 Å². The first-order chi connectivity index (χ1) is 14.8. The number of benzene rings is 2. The molecule has 3 rings (SSSR count). The standard InChI is InChI=1S/C23H30FN3O3S/c1-3-22(27(31(2,29)30)21-12-10-20(24)11-13-21)23(28)25-16-18-6-8-19(9-7-18)17-26-14-4-5-15-26/h6-13,22H,3-5,14-17H2,1-2H3,(H,25,28)/t22-/m1/s1. The van der Waals surface area contributed by atoms with Crippen LogP contribution < -0.4 is 9.62 Å². The summed E-state index contributed by atoms with van der Waals surface area (Å²) in [4.78, 5) is 15.3. The van der Waals surface area contributed by atoms with Gasteiger partial charge in [-0.25, -0.2) is 12.8 Å². The van der Waals surface area contributed by atoms with E-state index in [1.807, 2.05) is 12.1 Å². The lowest BCUT2D eigenvalue weighted by Crippen LogP contribution is -2.49. The second-order valence-electron chi connectivity index (χ2n) is 7.98. The average molecular weight is 448 g/mol. The van der Waals surface area contributed by atoms with Crippen LogP contribution in [0, 0.1) is 5.82 Å². The minimum Gasteiger partial charge on any atom is -0.350 e. The molecule has 1 heterocycles. The van der Waals surface area contributed by atoms with E-state index in [-0.39, 0.29) is 12.1 Å². The molecule has 1 aliphatic rings. The van der Waals surface area contributed by atoms with Crippen LogP contribution in [0.2, 0.25) is 0 Å². The number of hydrogen-bond donors (Lipinski definition) is 1. The van der Waals surface area contributed by atoms with E-state index in [4.69, 9.17) is 0 Å². The summed E-state index contributed by atoms with van der Waals surface area (Å²) < 4.78 is 39.2. The molecule has 1 fully saturated rings. The molecule has 8 heteroatoms. The Bertz CT molecular complexity index is 972. The first-order valence-corrected chi connectivity index (χ1v) is 12.5. The number of carbonyl (C=O) groups is 1. The van der Waals surface area contributed by atoms with Crippen LogP contribution in [0.15, 0.2) is 48.5 Å². The van der Waals surface area contributed by atoms with Gasteiger partial charge in [-0.1, -0.05) is 31.2 Å². The smallest absolute Gasteiger partial charge is 0.244 e. The molecule has 1 N–H and O–H groups in total. The van der Waals surface area contributed by atoms with E-state index < -0.39 is 27.8 Å². The lowest BCUT2D eigenvalue weighted by Gasteiger charge is -2.30. The summed E-state index contributed by atoms with van der Waals surface area (Å²) in [7, 11) is -3.74. The van der Waals surface area contributed by atoms with Crippen molar-refractivity contribution in [3.8, 4) is 0 Å². The Hall–Kier alpha value is -2.45. The van der Waals surface area contributed by atoms with Gasteiger partial charge in [-0.05, 0) is 67.7 Å². The van der Waals surface area contributed by atoms with Gasteiger partial charge in [0.25, 0.3) is 0 Å². The predicted octanol–water partition coefficient (Wildman–Crippen LogP) is 3.28. The molecule has 2 aromatic carbocycles. The summed E-state index contributed by atoms with van der Waals surface area (Å²) in [5.74, 6) is -0.860. The van der Waals surface area contributed by atoms with Gasteiger partial charge in [0.05, 0.1) is 11.9 Å². The first-order valence-electron chi connectivity index (χ1n) is 10.6. The maximum Gasteiger partial charge on any atom is 0.244 e. The third-order valence-corrected chi connectivity index (χ3v) is 6.69. The number of nitrogens with zero attached hydrogens (tertiary/aromatic N) is 2. The first kappa shape index (κ1) is 23.2. The summed E-state index contributed by atoms with van der Waals surface area (Å²) in [6.45, 7) is 5.27. The van der Waals surface area contributed by atoms with Crippen LogP contribution in [0.3, 0.4) is 0 Å². The molecule has 1 saturated heterocycles. The number of halogens is 1. The van der Waals surface area contributed by atoms with Gasteiger partial charge in [0.15, 0.2) is 0 Å². The Balaban J connectivity index is 1.66. The van der Waals surface area contributed by atoms with E-state index in [1.165, 1.54) is 42.7 Å². The lowest BCUT2D eigenvalue weighted by atomic mass is 10.1. The Kier molecular flexibility index (Phi) is 7.67. The normalized spacial score (nSPS) is 15.6. The molecular weight excluding hydrogens is 417 g/mol. The highest BCUT2D eigenvalue weighted by molar-refractivity contribution is 7.92. The van der Waals surface area contributed by atoms with Gasteiger partial charge in [0, 0.05) is 13.1 Å². The molecule has 0 unspecified atom stereocenters. The quantitative estimate of drug-likeness (QED) is 0.641. The molecular formula is C23H30FN3O3S. The van der Waals surface area contributed by atoms with E-state index >= 15 is 0 Å². The fourth-order valence-electron chi connectivity index (χ4n) is 3.92. The van der Waals surface area contributed by atoms with Crippen LogP contribution in [-0.2, 0) is 27.9 Å². The van der Waals surface area contributed by atoms with E-state index in [9.17, 15) is 17.6 Å². The molecule has 2 aromatic rings. The zero-order valence-electron chi connectivity index (χ0n) is 18.1. The topological polar surface area (TPSA) is 69.7 Å². The highest BCUT2D eigenvalue weighted by atomic mass is 32.2. The number of sulfonamides is 1. The number of hydrogen-bond acceptors (Lipinski definition) is 4. The third kappa shape index (κ3) is 6.27. The summed E-state index contributed by atoms with van der Waals surface area (Å²) in [5.41, 5.74) is 2.45. The van der Waals surface area contributed by atoms with Crippen LogP contribution in [0.1, 0.15) is 37.3 Å². The van der Waals surface area contributed by atoms with Gasteiger partial charge >= 0.3 is 0 Å². The maximum absolute atomic E-state index is 13.3. The third-order valence-electron chi connectivity index (χ3n) is 5.51. The Labute approximate surface area is 184 Å². The van der Waals surface area contributed by atoms with Crippen molar-refractivity contribution in [1.29, 1.82) is 0 Å².